The van der Waals surface area contributed by atoms with Crippen molar-refractivity contribution in [1.29, 1.82) is 0 Å². The number of anilines is 1. The van der Waals surface area contributed by atoms with Crippen LogP contribution in [0.3, 0.4) is 0 Å². The summed E-state index contributed by atoms with van der Waals surface area (Å²) < 4.78 is 5.85. The zero-order chi connectivity index (χ0) is 25.3. The van der Waals surface area contributed by atoms with E-state index in [1.165, 1.54) is 12.1 Å². The maximum atomic E-state index is 12.9. The number of amides is 2. The number of benzene rings is 2. The highest BCUT2D eigenvalue weighted by Crippen LogP contribution is 2.33. The molecule has 0 unspecified atom stereocenters. The molecule has 1 aliphatic carbocycles. The molecule has 0 aliphatic heterocycles. The third kappa shape index (κ3) is 5.02. The number of nitrogens with one attached hydrogen (secondary N) is 2. The van der Waals surface area contributed by atoms with E-state index in [1.807, 2.05) is 0 Å². The van der Waals surface area contributed by atoms with Crippen molar-refractivity contribution >= 4 is 63.7 Å². The Balaban J connectivity index is 1.58. The van der Waals surface area contributed by atoms with Crippen LogP contribution < -0.4 is 10.7 Å². The zero-order valence-electron chi connectivity index (χ0n) is 18.2. The van der Waals surface area contributed by atoms with Crippen LogP contribution >= 0.6 is 34.8 Å². The standard InChI is InChI=1S/C23H17Cl3N4O5/c1-11-19-15(28-29-22(31)12-8-9-13(24)17(10-12)30(33)34)5-3-7-18(19)35-21(11)23(32)27-16-6-2-4-14(25)20(16)26/h2,4,6,8-10H,3,5,7H2,1H3,(H,27,32)(H,29,31)/b28-15+. The Bertz CT molecular complexity index is 1400. The van der Waals surface area contributed by atoms with Gasteiger partial charge in [-0.3, -0.25) is 19.7 Å². The number of halogens is 3. The zero-order valence-corrected chi connectivity index (χ0v) is 20.4. The van der Waals surface area contributed by atoms with Crippen molar-refractivity contribution in [3.05, 3.63) is 89.8 Å². The lowest BCUT2D eigenvalue weighted by atomic mass is 9.93. The van der Waals surface area contributed by atoms with Gasteiger partial charge in [-0.1, -0.05) is 40.9 Å². The molecule has 0 radical (unpaired) electrons. The minimum absolute atomic E-state index is 0.0314. The number of carbonyl (C=O) groups is 2. The first kappa shape index (κ1) is 24.7. The molecule has 1 heterocycles. The number of aryl methyl sites for hydroxylation is 1. The maximum absolute atomic E-state index is 12.9. The number of nitro groups is 1. The Morgan fingerprint density at radius 1 is 1.09 bits per heavy atom. The van der Waals surface area contributed by atoms with E-state index in [0.29, 0.717) is 52.6 Å². The van der Waals surface area contributed by atoms with Gasteiger partial charge < -0.3 is 9.73 Å². The highest BCUT2D eigenvalue weighted by molar-refractivity contribution is 6.44. The van der Waals surface area contributed by atoms with Crippen molar-refractivity contribution in [2.45, 2.75) is 26.2 Å². The van der Waals surface area contributed by atoms with E-state index >= 15 is 0 Å². The molecule has 0 bridgehead atoms. The molecule has 1 aromatic heterocycles. The van der Waals surface area contributed by atoms with Gasteiger partial charge in [0, 0.05) is 29.2 Å². The lowest BCUT2D eigenvalue weighted by Gasteiger charge is -2.13. The number of furan rings is 1. The Labute approximate surface area is 214 Å². The third-order valence-electron chi connectivity index (χ3n) is 5.43. The van der Waals surface area contributed by atoms with Gasteiger partial charge in [-0.05, 0) is 44.0 Å². The Kier molecular flexibility index (Phi) is 7.11. The Morgan fingerprint density at radius 3 is 2.60 bits per heavy atom. The third-order valence-corrected chi connectivity index (χ3v) is 6.57. The summed E-state index contributed by atoms with van der Waals surface area (Å²) in [6.07, 6.45) is 1.83. The van der Waals surface area contributed by atoms with Crippen LogP contribution in [0.4, 0.5) is 11.4 Å². The molecule has 4 rings (SSSR count). The summed E-state index contributed by atoms with van der Waals surface area (Å²) in [5.74, 6) is -0.469. The largest absolute Gasteiger partial charge is 0.455 e. The molecule has 2 N–H and O–H groups in total. The molecule has 35 heavy (non-hydrogen) atoms. The number of hydrazone groups is 1. The minimum atomic E-state index is -0.670. The number of rotatable bonds is 5. The van der Waals surface area contributed by atoms with Crippen molar-refractivity contribution in [1.82, 2.24) is 5.43 Å². The molecule has 0 saturated heterocycles. The lowest BCUT2D eigenvalue weighted by molar-refractivity contribution is -0.384. The maximum Gasteiger partial charge on any atom is 0.291 e. The highest BCUT2D eigenvalue weighted by Gasteiger charge is 2.28. The Hall–Kier alpha value is -3.40. The van der Waals surface area contributed by atoms with Crippen LogP contribution in [0.15, 0.2) is 45.9 Å². The molecule has 3 aromatic rings. The predicted molar refractivity (Wildman–Crippen MR) is 133 cm³/mol. The summed E-state index contributed by atoms with van der Waals surface area (Å²) in [5.41, 5.74) is 4.15. The van der Waals surface area contributed by atoms with Crippen molar-refractivity contribution < 1.29 is 18.9 Å². The lowest BCUT2D eigenvalue weighted by Crippen LogP contribution is -2.22. The van der Waals surface area contributed by atoms with Crippen molar-refractivity contribution in [2.75, 3.05) is 5.32 Å². The summed E-state index contributed by atoms with van der Waals surface area (Å²) in [5, 5.41) is 18.5. The summed E-state index contributed by atoms with van der Waals surface area (Å²) in [6.45, 7) is 1.72. The SMILES string of the molecule is Cc1c(C(=O)Nc2cccc(Cl)c2Cl)oc2c1/C(=N/NC(=O)c1ccc(Cl)c([N+](=O)[O-])c1)CCC2. The van der Waals surface area contributed by atoms with Crippen LogP contribution in [0.25, 0.3) is 0 Å². The molecule has 0 fully saturated rings. The predicted octanol–water partition coefficient (Wildman–Crippen LogP) is 6.18. The summed E-state index contributed by atoms with van der Waals surface area (Å²) in [4.78, 5) is 35.9. The minimum Gasteiger partial charge on any atom is -0.455 e. The second-order valence-electron chi connectivity index (χ2n) is 7.69. The van der Waals surface area contributed by atoms with Crippen molar-refractivity contribution in [3.8, 4) is 0 Å². The van der Waals surface area contributed by atoms with E-state index in [1.54, 1.807) is 25.1 Å². The van der Waals surface area contributed by atoms with Gasteiger partial charge in [0.2, 0.25) is 0 Å². The number of fused-ring (bicyclic) bond motifs is 1. The van der Waals surface area contributed by atoms with Gasteiger partial charge in [0.15, 0.2) is 5.76 Å². The van der Waals surface area contributed by atoms with Gasteiger partial charge in [0.05, 0.1) is 26.4 Å². The number of hydrogen-bond donors (Lipinski definition) is 2. The van der Waals surface area contributed by atoms with Gasteiger partial charge >= 0.3 is 0 Å². The fraction of sp³-hybridized carbons (Fsp3) is 0.174. The van der Waals surface area contributed by atoms with Crippen LogP contribution in [0.1, 0.15) is 50.6 Å². The molecule has 0 atom stereocenters. The van der Waals surface area contributed by atoms with E-state index in [0.717, 1.165) is 6.07 Å². The second kappa shape index (κ2) is 10.1. The molecule has 1 aliphatic rings. The number of hydrogen-bond acceptors (Lipinski definition) is 6. The van der Waals surface area contributed by atoms with Gasteiger partial charge in [0.25, 0.3) is 17.5 Å². The van der Waals surface area contributed by atoms with Crippen LogP contribution in [0.5, 0.6) is 0 Å². The van der Waals surface area contributed by atoms with E-state index in [2.05, 4.69) is 15.8 Å². The first-order valence-electron chi connectivity index (χ1n) is 10.4. The number of nitrogens with zero attached hydrogens (tertiary/aromatic N) is 2. The Morgan fingerprint density at radius 2 is 1.86 bits per heavy atom. The molecule has 12 heteroatoms. The fourth-order valence-corrected chi connectivity index (χ4v) is 4.29. The van der Waals surface area contributed by atoms with Crippen LogP contribution in [-0.2, 0) is 6.42 Å². The van der Waals surface area contributed by atoms with Crippen LogP contribution in [0, 0.1) is 17.0 Å². The van der Waals surface area contributed by atoms with Crippen LogP contribution in [-0.4, -0.2) is 22.4 Å². The first-order chi connectivity index (χ1) is 16.7. The average Bonchev–Trinajstić information content (AvgIpc) is 3.17. The van der Waals surface area contributed by atoms with E-state index in [-0.39, 0.29) is 27.1 Å². The first-order valence-corrected chi connectivity index (χ1v) is 11.5. The normalized spacial score (nSPS) is 13.9. The number of nitro benzene ring substituents is 1. The summed E-state index contributed by atoms with van der Waals surface area (Å²) >= 11 is 18.0. The van der Waals surface area contributed by atoms with Gasteiger partial charge in [-0.25, -0.2) is 5.43 Å². The van der Waals surface area contributed by atoms with Crippen molar-refractivity contribution in [2.24, 2.45) is 5.10 Å². The quantitative estimate of drug-likeness (QED) is 0.298. The second-order valence-corrected chi connectivity index (χ2v) is 8.88. The topological polar surface area (TPSA) is 127 Å². The summed E-state index contributed by atoms with van der Waals surface area (Å²) in [7, 11) is 0. The van der Waals surface area contributed by atoms with Gasteiger partial charge in [-0.2, -0.15) is 5.10 Å². The molecule has 9 nitrogen and oxygen atoms in total. The highest BCUT2D eigenvalue weighted by atomic mass is 35.5. The molecular formula is C23H17Cl3N4O5. The molecule has 2 aromatic carbocycles. The molecule has 0 saturated carbocycles. The van der Waals surface area contributed by atoms with Crippen molar-refractivity contribution in [3.63, 3.8) is 0 Å². The van der Waals surface area contributed by atoms with Gasteiger partial charge in [-0.15, -0.1) is 0 Å². The molecule has 2 amide bonds. The smallest absolute Gasteiger partial charge is 0.291 e. The number of carbonyl (C=O) groups excluding carboxylic acids is 2. The summed E-state index contributed by atoms with van der Waals surface area (Å²) in [6, 6.07) is 8.61. The molecular weight excluding hydrogens is 519 g/mol. The molecule has 180 valence electrons. The fourth-order valence-electron chi connectivity index (χ4n) is 3.75. The molecule has 0 spiro atoms. The van der Waals surface area contributed by atoms with Crippen LogP contribution in [0.2, 0.25) is 15.1 Å². The van der Waals surface area contributed by atoms with E-state index in [9.17, 15) is 19.7 Å². The monoisotopic (exact) mass is 534 g/mol. The van der Waals surface area contributed by atoms with E-state index in [4.69, 9.17) is 39.2 Å². The van der Waals surface area contributed by atoms with E-state index < -0.39 is 16.7 Å². The average molecular weight is 536 g/mol. The van der Waals surface area contributed by atoms with Gasteiger partial charge in [0.1, 0.15) is 10.8 Å².